The summed E-state index contributed by atoms with van der Waals surface area (Å²) < 4.78 is 11.0. The Hall–Kier alpha value is -3.65. The van der Waals surface area contributed by atoms with Gasteiger partial charge in [0.15, 0.2) is 5.13 Å². The number of ketones is 1. The van der Waals surface area contributed by atoms with Crippen LogP contribution in [0.1, 0.15) is 36.9 Å². The second-order valence-corrected chi connectivity index (χ2v) is 8.36. The van der Waals surface area contributed by atoms with Crippen LogP contribution in [0.3, 0.4) is 0 Å². The van der Waals surface area contributed by atoms with E-state index in [1.54, 1.807) is 60.1 Å². The summed E-state index contributed by atoms with van der Waals surface area (Å²) in [6.07, 6.45) is 3.56. The third kappa shape index (κ3) is 4.47. The van der Waals surface area contributed by atoms with Crippen molar-refractivity contribution in [3.8, 4) is 11.5 Å². The van der Waals surface area contributed by atoms with E-state index in [2.05, 4.69) is 11.9 Å². The molecule has 0 radical (unpaired) electrons. The highest BCUT2D eigenvalue weighted by Crippen LogP contribution is 2.43. The Morgan fingerprint density at radius 1 is 1.15 bits per heavy atom. The van der Waals surface area contributed by atoms with Crippen LogP contribution >= 0.6 is 11.3 Å². The van der Waals surface area contributed by atoms with Crippen molar-refractivity contribution in [2.24, 2.45) is 0 Å². The number of carbonyl (C=O) groups is 2. The molecule has 0 aliphatic carbocycles. The lowest BCUT2D eigenvalue weighted by molar-refractivity contribution is -0.132. The summed E-state index contributed by atoms with van der Waals surface area (Å²) in [6, 6.07) is 13.1. The minimum atomic E-state index is -0.827. The fourth-order valence-electron chi connectivity index (χ4n) is 3.69. The van der Waals surface area contributed by atoms with Gasteiger partial charge in [0.25, 0.3) is 5.78 Å². The summed E-state index contributed by atoms with van der Waals surface area (Å²) in [4.78, 5) is 31.7. The van der Waals surface area contributed by atoms with Gasteiger partial charge < -0.3 is 14.6 Å². The van der Waals surface area contributed by atoms with Crippen LogP contribution in [0, 0.1) is 0 Å². The summed E-state index contributed by atoms with van der Waals surface area (Å²) in [7, 11) is 1.52. The molecule has 1 unspecified atom stereocenters. The molecule has 1 amide bonds. The maximum atomic E-state index is 13.1. The Labute approximate surface area is 195 Å². The van der Waals surface area contributed by atoms with Crippen molar-refractivity contribution in [1.82, 2.24) is 4.98 Å². The number of amides is 1. The molecule has 0 saturated carbocycles. The van der Waals surface area contributed by atoms with Gasteiger partial charge in [-0.05, 0) is 36.2 Å². The minimum Gasteiger partial charge on any atom is -0.507 e. The number of rotatable bonds is 8. The Morgan fingerprint density at radius 2 is 1.94 bits per heavy atom. The predicted octanol–water partition coefficient (Wildman–Crippen LogP) is 4.96. The van der Waals surface area contributed by atoms with E-state index in [0.717, 1.165) is 12.8 Å². The van der Waals surface area contributed by atoms with Crippen LogP contribution in [-0.2, 0) is 9.59 Å². The molecule has 1 atom stereocenters. The number of anilines is 1. The molecular weight excluding hydrogens is 440 g/mol. The van der Waals surface area contributed by atoms with Crippen LogP contribution in [0.2, 0.25) is 0 Å². The third-order valence-electron chi connectivity index (χ3n) is 5.38. The summed E-state index contributed by atoms with van der Waals surface area (Å²) >= 11 is 1.25. The predicted molar refractivity (Wildman–Crippen MR) is 127 cm³/mol. The highest BCUT2D eigenvalue weighted by atomic mass is 32.1. The molecular formula is C25H24N2O5S. The van der Waals surface area contributed by atoms with Crippen LogP contribution < -0.4 is 14.4 Å². The van der Waals surface area contributed by atoms with Gasteiger partial charge in [-0.25, -0.2) is 4.98 Å². The Bertz CT molecular complexity index is 1170. The van der Waals surface area contributed by atoms with Crippen molar-refractivity contribution < 1.29 is 24.2 Å². The first-order chi connectivity index (χ1) is 16.0. The minimum absolute atomic E-state index is 0.00287. The number of aliphatic hydroxyl groups is 1. The van der Waals surface area contributed by atoms with Gasteiger partial charge in [0.05, 0.1) is 25.3 Å². The number of aromatic nitrogens is 1. The second kappa shape index (κ2) is 9.87. The summed E-state index contributed by atoms with van der Waals surface area (Å²) in [5, 5.41) is 13.3. The zero-order chi connectivity index (χ0) is 23.4. The molecule has 1 aliphatic rings. The summed E-state index contributed by atoms with van der Waals surface area (Å²) in [6.45, 7) is 2.71. The van der Waals surface area contributed by atoms with Gasteiger partial charge in [-0.2, -0.15) is 0 Å². The highest BCUT2D eigenvalue weighted by Gasteiger charge is 2.48. The zero-order valence-electron chi connectivity index (χ0n) is 18.4. The van der Waals surface area contributed by atoms with E-state index in [4.69, 9.17) is 9.47 Å². The fourth-order valence-corrected chi connectivity index (χ4v) is 4.35. The molecule has 7 nitrogen and oxygen atoms in total. The molecule has 1 aliphatic heterocycles. The van der Waals surface area contributed by atoms with E-state index in [0.29, 0.717) is 34.4 Å². The van der Waals surface area contributed by atoms with E-state index < -0.39 is 17.7 Å². The molecule has 0 spiro atoms. The number of unbranched alkanes of at least 4 members (excludes halogenated alkanes) is 1. The van der Waals surface area contributed by atoms with Gasteiger partial charge in [-0.3, -0.25) is 14.5 Å². The first kappa shape index (κ1) is 22.5. The van der Waals surface area contributed by atoms with Crippen molar-refractivity contribution in [1.29, 1.82) is 0 Å². The molecule has 1 saturated heterocycles. The summed E-state index contributed by atoms with van der Waals surface area (Å²) in [5.74, 6) is -0.537. The van der Waals surface area contributed by atoms with Gasteiger partial charge >= 0.3 is 5.91 Å². The molecule has 8 heteroatoms. The van der Waals surface area contributed by atoms with Crippen molar-refractivity contribution in [2.75, 3.05) is 18.6 Å². The number of hydrogen-bond donors (Lipinski definition) is 1. The molecule has 33 heavy (non-hydrogen) atoms. The van der Waals surface area contributed by atoms with Crippen molar-refractivity contribution in [2.45, 2.75) is 25.8 Å². The quantitative estimate of drug-likeness (QED) is 0.219. The topological polar surface area (TPSA) is 89.0 Å². The number of methoxy groups -OCH3 is 1. The van der Waals surface area contributed by atoms with E-state index in [-0.39, 0.29) is 11.3 Å². The number of benzene rings is 2. The van der Waals surface area contributed by atoms with E-state index >= 15 is 0 Å². The van der Waals surface area contributed by atoms with Gasteiger partial charge in [0.1, 0.15) is 17.3 Å². The number of aliphatic hydroxyl groups excluding tert-OH is 1. The molecule has 1 aromatic heterocycles. The fraction of sp³-hybridized carbons (Fsp3) is 0.240. The van der Waals surface area contributed by atoms with Crippen LogP contribution in [0.25, 0.3) is 5.76 Å². The standard InChI is InChI=1S/C25H24N2O5S/c1-3-4-13-32-18-10-8-16(9-11-18)21-20(22(28)17-6-5-7-19(15-17)31-2)23(29)24(30)27(21)25-26-12-14-33-25/h5-12,14-15,21,28H,3-4,13H2,1-2H3/b22-20+. The largest absolute Gasteiger partial charge is 0.507 e. The molecule has 2 heterocycles. The van der Waals surface area contributed by atoms with E-state index in [9.17, 15) is 14.7 Å². The number of hydrogen-bond acceptors (Lipinski definition) is 7. The van der Waals surface area contributed by atoms with Gasteiger partial charge in [-0.15, -0.1) is 11.3 Å². The molecule has 2 aromatic carbocycles. The van der Waals surface area contributed by atoms with Crippen LogP contribution in [0.5, 0.6) is 11.5 Å². The molecule has 0 bridgehead atoms. The third-order valence-corrected chi connectivity index (χ3v) is 6.15. The van der Waals surface area contributed by atoms with Crippen LogP contribution in [0.4, 0.5) is 5.13 Å². The first-order valence-corrected chi connectivity index (χ1v) is 11.5. The Balaban J connectivity index is 1.80. The van der Waals surface area contributed by atoms with E-state index in [1.807, 2.05) is 0 Å². The molecule has 1 N–H and O–H groups in total. The lowest BCUT2D eigenvalue weighted by Crippen LogP contribution is -2.29. The molecule has 4 rings (SSSR count). The maximum Gasteiger partial charge on any atom is 0.301 e. The van der Waals surface area contributed by atoms with Crippen molar-refractivity contribution in [3.05, 3.63) is 76.8 Å². The second-order valence-electron chi connectivity index (χ2n) is 7.49. The molecule has 170 valence electrons. The number of thiazole rings is 1. The average molecular weight is 465 g/mol. The SMILES string of the molecule is CCCCOc1ccc(C2/C(=C(\O)c3cccc(OC)c3)C(=O)C(=O)N2c2nccs2)cc1. The number of Topliss-reactive ketones (excluding diaryl/α,β-unsaturated/α-hetero) is 1. The smallest absolute Gasteiger partial charge is 0.301 e. The Morgan fingerprint density at radius 3 is 2.61 bits per heavy atom. The van der Waals surface area contributed by atoms with Crippen LogP contribution in [-0.4, -0.2) is 35.5 Å². The lowest BCUT2D eigenvalue weighted by Gasteiger charge is -2.23. The molecule has 3 aromatic rings. The van der Waals surface area contributed by atoms with Crippen molar-refractivity contribution >= 4 is 33.9 Å². The number of carbonyl (C=O) groups excluding carboxylic acids is 2. The number of nitrogens with zero attached hydrogens (tertiary/aromatic N) is 2. The van der Waals surface area contributed by atoms with Crippen molar-refractivity contribution in [3.63, 3.8) is 0 Å². The van der Waals surface area contributed by atoms with E-state index in [1.165, 1.54) is 23.3 Å². The highest BCUT2D eigenvalue weighted by molar-refractivity contribution is 7.14. The maximum absolute atomic E-state index is 13.1. The van der Waals surface area contributed by atoms with Gasteiger partial charge in [-0.1, -0.05) is 37.6 Å². The van der Waals surface area contributed by atoms with Crippen LogP contribution in [0.15, 0.2) is 65.7 Å². The molecule has 1 fully saturated rings. The normalized spacial score (nSPS) is 17.4. The zero-order valence-corrected chi connectivity index (χ0v) is 19.2. The Kier molecular flexibility index (Phi) is 6.74. The lowest BCUT2D eigenvalue weighted by atomic mass is 9.95. The number of ether oxygens (including phenoxy) is 2. The first-order valence-electron chi connectivity index (χ1n) is 10.6. The van der Waals surface area contributed by atoms with Gasteiger partial charge in [0, 0.05) is 17.1 Å². The monoisotopic (exact) mass is 464 g/mol. The van der Waals surface area contributed by atoms with Gasteiger partial charge in [0.2, 0.25) is 0 Å². The average Bonchev–Trinajstić information content (AvgIpc) is 3.46. The summed E-state index contributed by atoms with van der Waals surface area (Å²) in [5.41, 5.74) is 1.05.